The van der Waals surface area contributed by atoms with Gasteiger partial charge in [0.1, 0.15) is 12.1 Å². The SMILES string of the molecule is N#Cc1ccc2c(c1)c1ccccc1n2-c1cccc(-c2cc(C#N)c(C#N)cc2[Si](c2ccccc2)(c2ccccc2)c2ccccc2)c1. The summed E-state index contributed by atoms with van der Waals surface area (Å²) in [6, 6.07) is 65.1. The standard InChI is InChI=1S/C45H28N4Si/c46-29-32-23-24-44-42(25-32)40-21-10-11-22-43(40)49(44)36-14-12-13-33(26-36)41-27-34(30-47)35(31-48)28-45(41)50(37-15-4-1-5-16-37,38-17-6-2-7-18-38)39-19-8-3-9-20-39/h1-28H. The highest BCUT2D eigenvalue weighted by Gasteiger charge is 2.43. The number of hydrogen-bond acceptors (Lipinski definition) is 3. The third-order valence-electron chi connectivity index (χ3n) is 9.64. The van der Waals surface area contributed by atoms with Crippen LogP contribution in [-0.4, -0.2) is 12.6 Å². The minimum atomic E-state index is -3.09. The van der Waals surface area contributed by atoms with Crippen molar-refractivity contribution in [1.29, 1.82) is 15.8 Å². The van der Waals surface area contributed by atoms with E-state index in [1.165, 1.54) is 15.6 Å². The third-order valence-corrected chi connectivity index (χ3v) is 14.5. The molecule has 0 N–H and O–H groups in total. The molecule has 232 valence electrons. The molecular formula is C45H28N4Si. The molecule has 4 nitrogen and oxygen atoms in total. The fraction of sp³-hybridized carbons (Fsp3) is 0. The Kier molecular flexibility index (Phi) is 7.63. The first-order valence-electron chi connectivity index (χ1n) is 16.4. The van der Waals surface area contributed by atoms with E-state index in [-0.39, 0.29) is 0 Å². The van der Waals surface area contributed by atoms with Gasteiger partial charge in [0, 0.05) is 16.5 Å². The Morgan fingerprint density at radius 2 is 1.00 bits per heavy atom. The molecule has 8 rings (SSSR count). The van der Waals surface area contributed by atoms with Crippen LogP contribution in [0.5, 0.6) is 0 Å². The van der Waals surface area contributed by atoms with Gasteiger partial charge < -0.3 is 4.57 Å². The van der Waals surface area contributed by atoms with E-state index in [0.29, 0.717) is 16.7 Å². The Morgan fingerprint density at radius 3 is 1.60 bits per heavy atom. The van der Waals surface area contributed by atoms with Crippen molar-refractivity contribution in [3.8, 4) is 35.0 Å². The lowest BCUT2D eigenvalue weighted by Crippen LogP contribution is -2.75. The minimum Gasteiger partial charge on any atom is -0.309 e. The maximum absolute atomic E-state index is 10.4. The lowest BCUT2D eigenvalue weighted by atomic mass is 9.99. The fourth-order valence-electron chi connectivity index (χ4n) is 7.50. The van der Waals surface area contributed by atoms with Gasteiger partial charge >= 0.3 is 0 Å². The largest absolute Gasteiger partial charge is 0.309 e. The summed E-state index contributed by atoms with van der Waals surface area (Å²) in [5, 5.41) is 37.1. The van der Waals surface area contributed by atoms with Crippen LogP contribution in [0.1, 0.15) is 16.7 Å². The molecule has 8 aromatic rings. The van der Waals surface area contributed by atoms with Gasteiger partial charge in [0.15, 0.2) is 8.07 Å². The molecular weight excluding hydrogens is 625 g/mol. The maximum atomic E-state index is 10.4. The van der Waals surface area contributed by atoms with Crippen LogP contribution in [0.25, 0.3) is 38.6 Å². The number of nitriles is 3. The zero-order valence-corrected chi connectivity index (χ0v) is 28.0. The second-order valence-corrected chi connectivity index (χ2v) is 16.0. The van der Waals surface area contributed by atoms with Gasteiger partial charge in [-0.05, 0) is 80.4 Å². The van der Waals surface area contributed by atoms with Crippen molar-refractivity contribution in [2.24, 2.45) is 0 Å². The second kappa shape index (κ2) is 12.6. The highest BCUT2D eigenvalue weighted by atomic mass is 28.3. The van der Waals surface area contributed by atoms with Crippen molar-refractivity contribution in [3.63, 3.8) is 0 Å². The minimum absolute atomic E-state index is 0.342. The smallest absolute Gasteiger partial charge is 0.180 e. The van der Waals surface area contributed by atoms with Crippen molar-refractivity contribution in [2.75, 3.05) is 0 Å². The fourth-order valence-corrected chi connectivity index (χ4v) is 12.5. The maximum Gasteiger partial charge on any atom is 0.180 e. The van der Waals surface area contributed by atoms with Crippen molar-refractivity contribution in [1.82, 2.24) is 4.57 Å². The number of para-hydroxylation sites is 1. The van der Waals surface area contributed by atoms with Gasteiger partial charge in [0.25, 0.3) is 0 Å². The number of nitrogens with zero attached hydrogens (tertiary/aromatic N) is 4. The Hall–Kier alpha value is -6.97. The average molecular weight is 653 g/mol. The summed E-state index contributed by atoms with van der Waals surface area (Å²) in [7, 11) is -3.09. The topological polar surface area (TPSA) is 76.3 Å². The first-order valence-corrected chi connectivity index (χ1v) is 18.4. The third kappa shape index (κ3) is 4.80. The van der Waals surface area contributed by atoms with Gasteiger partial charge in [-0.25, -0.2) is 0 Å². The quantitative estimate of drug-likeness (QED) is 0.138. The van der Waals surface area contributed by atoms with E-state index in [4.69, 9.17) is 0 Å². The number of benzene rings is 7. The van der Waals surface area contributed by atoms with Gasteiger partial charge in [0.2, 0.25) is 0 Å². The lowest BCUT2D eigenvalue weighted by Gasteiger charge is -2.36. The Bertz CT molecular complexity index is 2580. The number of rotatable bonds is 6. The van der Waals surface area contributed by atoms with Gasteiger partial charge in [-0.2, -0.15) is 15.8 Å². The normalized spacial score (nSPS) is 11.1. The number of hydrogen-bond donors (Lipinski definition) is 0. The van der Waals surface area contributed by atoms with E-state index < -0.39 is 8.07 Å². The molecule has 0 amide bonds. The van der Waals surface area contributed by atoms with E-state index in [0.717, 1.165) is 43.8 Å². The molecule has 0 aliphatic carbocycles. The Balaban J connectivity index is 1.48. The molecule has 1 aromatic heterocycles. The van der Waals surface area contributed by atoms with Gasteiger partial charge in [0.05, 0.1) is 33.8 Å². The highest BCUT2D eigenvalue weighted by molar-refractivity contribution is 7.20. The van der Waals surface area contributed by atoms with Crippen LogP contribution in [-0.2, 0) is 0 Å². The summed E-state index contributed by atoms with van der Waals surface area (Å²) < 4.78 is 2.24. The Labute approximate surface area is 291 Å². The molecule has 0 fully saturated rings. The van der Waals surface area contributed by atoms with E-state index in [9.17, 15) is 15.8 Å². The van der Waals surface area contributed by atoms with E-state index in [1.807, 2.05) is 60.7 Å². The van der Waals surface area contributed by atoms with Crippen LogP contribution >= 0.6 is 0 Å². The van der Waals surface area contributed by atoms with Gasteiger partial charge in [-0.1, -0.05) is 121 Å². The predicted molar refractivity (Wildman–Crippen MR) is 204 cm³/mol. The van der Waals surface area contributed by atoms with E-state index in [2.05, 4.69) is 132 Å². The van der Waals surface area contributed by atoms with Crippen LogP contribution < -0.4 is 20.7 Å². The molecule has 0 aliphatic rings. The van der Waals surface area contributed by atoms with E-state index >= 15 is 0 Å². The van der Waals surface area contributed by atoms with Gasteiger partial charge in [-0.3, -0.25) is 0 Å². The van der Waals surface area contributed by atoms with Crippen LogP contribution in [0.4, 0.5) is 0 Å². The van der Waals surface area contributed by atoms with Crippen LogP contribution in [0.3, 0.4) is 0 Å². The number of fused-ring (bicyclic) bond motifs is 3. The summed E-state index contributed by atoms with van der Waals surface area (Å²) in [6.45, 7) is 0. The first-order chi connectivity index (χ1) is 24.7. The molecule has 0 unspecified atom stereocenters. The molecule has 0 aliphatic heterocycles. The van der Waals surface area contributed by atoms with Crippen LogP contribution in [0, 0.1) is 34.0 Å². The second-order valence-electron chi connectivity index (χ2n) is 12.3. The van der Waals surface area contributed by atoms with Gasteiger partial charge in [-0.15, -0.1) is 0 Å². The summed E-state index contributed by atoms with van der Waals surface area (Å²) in [5.74, 6) is 0. The number of aromatic nitrogens is 1. The Morgan fingerprint density at radius 1 is 0.440 bits per heavy atom. The molecule has 0 saturated heterocycles. The van der Waals surface area contributed by atoms with Crippen molar-refractivity contribution in [2.45, 2.75) is 0 Å². The zero-order chi connectivity index (χ0) is 34.1. The molecule has 0 atom stereocenters. The summed E-state index contributed by atoms with van der Waals surface area (Å²) in [6.07, 6.45) is 0. The molecule has 0 saturated carbocycles. The van der Waals surface area contributed by atoms with E-state index in [1.54, 1.807) is 0 Å². The average Bonchev–Trinajstić information content (AvgIpc) is 3.53. The molecule has 0 radical (unpaired) electrons. The van der Waals surface area contributed by atoms with Crippen LogP contribution in [0.15, 0.2) is 170 Å². The predicted octanol–water partition coefficient (Wildman–Crippen LogP) is 7.44. The van der Waals surface area contributed by atoms with Crippen molar-refractivity contribution in [3.05, 3.63) is 187 Å². The van der Waals surface area contributed by atoms with Crippen molar-refractivity contribution >= 4 is 50.6 Å². The van der Waals surface area contributed by atoms with Crippen LogP contribution in [0.2, 0.25) is 0 Å². The van der Waals surface area contributed by atoms with Crippen molar-refractivity contribution < 1.29 is 0 Å². The zero-order valence-electron chi connectivity index (χ0n) is 27.0. The molecule has 7 aromatic carbocycles. The molecule has 0 bridgehead atoms. The summed E-state index contributed by atoms with van der Waals surface area (Å²) in [4.78, 5) is 0. The monoisotopic (exact) mass is 652 g/mol. The summed E-state index contributed by atoms with van der Waals surface area (Å²) >= 11 is 0. The molecule has 50 heavy (non-hydrogen) atoms. The highest BCUT2D eigenvalue weighted by Crippen LogP contribution is 2.34. The lowest BCUT2D eigenvalue weighted by molar-refractivity contribution is 1.18. The first kappa shape index (κ1) is 30.4. The molecule has 1 heterocycles. The summed E-state index contributed by atoms with van der Waals surface area (Å²) in [5.41, 5.74) is 6.17. The molecule has 0 spiro atoms. The molecule has 5 heteroatoms.